The first-order valence-electron chi connectivity index (χ1n) is 6.24. The van der Waals surface area contributed by atoms with Crippen LogP contribution in [-0.4, -0.2) is 9.97 Å². The van der Waals surface area contributed by atoms with Gasteiger partial charge in [-0.05, 0) is 36.8 Å². The van der Waals surface area contributed by atoms with Gasteiger partial charge < -0.3 is 5.32 Å². The van der Waals surface area contributed by atoms with Crippen LogP contribution in [0.25, 0.3) is 0 Å². The van der Waals surface area contributed by atoms with E-state index in [0.717, 1.165) is 12.1 Å². The Morgan fingerprint density at radius 2 is 2.17 bits per heavy atom. The van der Waals surface area contributed by atoms with E-state index in [1.54, 1.807) is 17.5 Å². The van der Waals surface area contributed by atoms with Crippen molar-refractivity contribution in [2.75, 3.05) is 5.32 Å². The Bertz CT molecular complexity index is 480. The summed E-state index contributed by atoms with van der Waals surface area (Å²) in [6.07, 6.45) is 2.88. The van der Waals surface area contributed by atoms with Crippen LogP contribution in [0.4, 0.5) is 5.95 Å². The van der Waals surface area contributed by atoms with Crippen LogP contribution in [0.2, 0.25) is 0 Å². The highest BCUT2D eigenvalue weighted by atomic mass is 32.1. The van der Waals surface area contributed by atoms with Gasteiger partial charge in [0, 0.05) is 16.8 Å². The lowest BCUT2D eigenvalue weighted by Crippen LogP contribution is -2.14. The summed E-state index contributed by atoms with van der Waals surface area (Å²) in [7, 11) is 0. The Balaban J connectivity index is 2.15. The molecule has 2 heterocycles. The van der Waals surface area contributed by atoms with E-state index in [-0.39, 0.29) is 0 Å². The maximum atomic E-state index is 4.41. The highest BCUT2D eigenvalue weighted by Crippen LogP contribution is 2.27. The maximum absolute atomic E-state index is 4.41. The number of rotatable bonds is 5. The normalized spacial score (nSPS) is 12.7. The third kappa shape index (κ3) is 3.53. The molecule has 0 aromatic carbocycles. The Morgan fingerprint density at radius 3 is 2.78 bits per heavy atom. The molecule has 2 aromatic rings. The molecule has 0 aliphatic carbocycles. The summed E-state index contributed by atoms with van der Waals surface area (Å²) in [5, 5.41) is 5.55. The summed E-state index contributed by atoms with van der Waals surface area (Å²) < 4.78 is 0. The minimum absolute atomic E-state index is 0.298. The predicted octanol–water partition coefficient (Wildman–Crippen LogP) is 4.05. The first kappa shape index (κ1) is 13.0. The van der Waals surface area contributed by atoms with Gasteiger partial charge in [0.1, 0.15) is 0 Å². The Hall–Kier alpha value is -1.42. The van der Waals surface area contributed by atoms with E-state index in [9.17, 15) is 0 Å². The summed E-state index contributed by atoms with van der Waals surface area (Å²) in [5.41, 5.74) is 0.988. The fraction of sp³-hybridized carbons (Fsp3) is 0.429. The van der Waals surface area contributed by atoms with Crippen LogP contribution < -0.4 is 5.32 Å². The maximum Gasteiger partial charge on any atom is 0.223 e. The molecule has 0 fully saturated rings. The predicted molar refractivity (Wildman–Crippen MR) is 76.9 cm³/mol. The molecule has 1 unspecified atom stereocenters. The van der Waals surface area contributed by atoms with Gasteiger partial charge in [-0.25, -0.2) is 9.97 Å². The number of aryl methyl sites for hydroxylation is 1. The second-order valence-corrected chi connectivity index (χ2v) is 5.84. The number of thiophene rings is 1. The smallest absolute Gasteiger partial charge is 0.223 e. The van der Waals surface area contributed by atoms with E-state index in [0.29, 0.717) is 17.9 Å². The molecule has 0 bridgehead atoms. The molecule has 1 atom stereocenters. The topological polar surface area (TPSA) is 37.8 Å². The monoisotopic (exact) mass is 261 g/mol. The quantitative estimate of drug-likeness (QED) is 0.882. The zero-order chi connectivity index (χ0) is 13.0. The lowest BCUT2D eigenvalue weighted by atomic mass is 10.0. The zero-order valence-electron chi connectivity index (χ0n) is 11.1. The number of hydrogen-bond acceptors (Lipinski definition) is 4. The molecule has 3 nitrogen and oxygen atoms in total. The zero-order valence-corrected chi connectivity index (χ0v) is 11.9. The number of hydrogen-bond donors (Lipinski definition) is 1. The van der Waals surface area contributed by atoms with Crippen molar-refractivity contribution in [2.45, 2.75) is 33.2 Å². The van der Waals surface area contributed by atoms with Crippen molar-refractivity contribution < 1.29 is 0 Å². The first-order valence-corrected chi connectivity index (χ1v) is 7.12. The van der Waals surface area contributed by atoms with Crippen molar-refractivity contribution >= 4 is 17.3 Å². The Labute approximate surface area is 112 Å². The molecule has 0 saturated heterocycles. The fourth-order valence-corrected chi connectivity index (χ4v) is 2.67. The van der Waals surface area contributed by atoms with E-state index in [2.05, 4.69) is 46.6 Å². The third-order valence-corrected chi connectivity index (χ3v) is 3.68. The fourth-order valence-electron chi connectivity index (χ4n) is 1.88. The summed E-state index contributed by atoms with van der Waals surface area (Å²) in [6, 6.07) is 6.47. The highest BCUT2D eigenvalue weighted by molar-refractivity contribution is 7.10. The van der Waals surface area contributed by atoms with Crippen molar-refractivity contribution in [3.63, 3.8) is 0 Å². The molecule has 0 saturated carbocycles. The average molecular weight is 261 g/mol. The summed E-state index contributed by atoms with van der Waals surface area (Å²) in [6.45, 7) is 6.45. The second-order valence-electron chi connectivity index (χ2n) is 4.86. The SMILES string of the molecule is Cc1ccnc(NC(CC(C)C)c2cccs2)n1. The van der Waals surface area contributed by atoms with Gasteiger partial charge in [-0.1, -0.05) is 19.9 Å². The molecule has 0 radical (unpaired) electrons. The molecule has 2 rings (SSSR count). The van der Waals surface area contributed by atoms with Crippen molar-refractivity contribution in [3.8, 4) is 0 Å². The molecule has 0 spiro atoms. The van der Waals surface area contributed by atoms with Crippen LogP contribution in [-0.2, 0) is 0 Å². The molecule has 0 aliphatic rings. The van der Waals surface area contributed by atoms with Gasteiger partial charge in [0.15, 0.2) is 0 Å². The summed E-state index contributed by atoms with van der Waals surface area (Å²) >= 11 is 1.78. The molecule has 18 heavy (non-hydrogen) atoms. The Morgan fingerprint density at radius 1 is 1.33 bits per heavy atom. The van der Waals surface area contributed by atoms with E-state index in [4.69, 9.17) is 0 Å². The minimum Gasteiger partial charge on any atom is -0.347 e. The van der Waals surface area contributed by atoms with Crippen molar-refractivity contribution in [3.05, 3.63) is 40.3 Å². The van der Waals surface area contributed by atoms with Crippen LogP contribution >= 0.6 is 11.3 Å². The van der Waals surface area contributed by atoms with Gasteiger partial charge >= 0.3 is 0 Å². The molecule has 1 N–H and O–H groups in total. The minimum atomic E-state index is 0.298. The lowest BCUT2D eigenvalue weighted by Gasteiger charge is -2.19. The van der Waals surface area contributed by atoms with Gasteiger partial charge in [-0.3, -0.25) is 0 Å². The van der Waals surface area contributed by atoms with Gasteiger partial charge in [0.05, 0.1) is 6.04 Å². The van der Waals surface area contributed by atoms with Crippen LogP contribution in [0.5, 0.6) is 0 Å². The van der Waals surface area contributed by atoms with Gasteiger partial charge in [0.25, 0.3) is 0 Å². The molecule has 96 valence electrons. The van der Waals surface area contributed by atoms with E-state index in [1.807, 2.05) is 13.0 Å². The first-order chi connectivity index (χ1) is 8.65. The van der Waals surface area contributed by atoms with Crippen LogP contribution in [0, 0.1) is 12.8 Å². The molecule has 0 amide bonds. The van der Waals surface area contributed by atoms with Crippen LogP contribution in [0.1, 0.15) is 36.9 Å². The van der Waals surface area contributed by atoms with Gasteiger partial charge in [-0.2, -0.15) is 0 Å². The van der Waals surface area contributed by atoms with Crippen LogP contribution in [0.3, 0.4) is 0 Å². The molecular weight excluding hydrogens is 242 g/mol. The number of nitrogens with one attached hydrogen (secondary N) is 1. The molecule has 2 aromatic heterocycles. The number of anilines is 1. The van der Waals surface area contributed by atoms with Gasteiger partial charge in [0.2, 0.25) is 5.95 Å². The average Bonchev–Trinajstić information content (AvgIpc) is 2.80. The number of aromatic nitrogens is 2. The standard InChI is InChI=1S/C14H19N3S/c1-10(2)9-12(13-5-4-8-18-13)17-14-15-7-6-11(3)16-14/h4-8,10,12H,9H2,1-3H3,(H,15,16,17). The van der Waals surface area contributed by atoms with E-state index < -0.39 is 0 Å². The molecule has 4 heteroatoms. The highest BCUT2D eigenvalue weighted by Gasteiger charge is 2.15. The van der Waals surface area contributed by atoms with E-state index >= 15 is 0 Å². The van der Waals surface area contributed by atoms with Crippen molar-refractivity contribution in [1.82, 2.24) is 9.97 Å². The summed E-state index contributed by atoms with van der Waals surface area (Å²) in [4.78, 5) is 10.0. The molecular formula is C14H19N3S. The summed E-state index contributed by atoms with van der Waals surface area (Å²) in [5.74, 6) is 1.35. The third-order valence-electron chi connectivity index (χ3n) is 2.69. The van der Waals surface area contributed by atoms with E-state index in [1.165, 1.54) is 4.88 Å². The van der Waals surface area contributed by atoms with Gasteiger partial charge in [-0.15, -0.1) is 11.3 Å². The molecule has 0 aliphatic heterocycles. The lowest BCUT2D eigenvalue weighted by molar-refractivity contribution is 0.533. The number of nitrogens with zero attached hydrogens (tertiary/aromatic N) is 2. The second kappa shape index (κ2) is 5.96. The Kier molecular flexibility index (Phi) is 4.31. The largest absolute Gasteiger partial charge is 0.347 e. The van der Waals surface area contributed by atoms with Crippen molar-refractivity contribution in [1.29, 1.82) is 0 Å². The van der Waals surface area contributed by atoms with Crippen LogP contribution in [0.15, 0.2) is 29.8 Å². The van der Waals surface area contributed by atoms with Crippen molar-refractivity contribution in [2.24, 2.45) is 5.92 Å².